The van der Waals surface area contributed by atoms with Gasteiger partial charge in [-0.1, -0.05) is 12.1 Å². The van der Waals surface area contributed by atoms with Gasteiger partial charge in [0.2, 0.25) is 5.91 Å². The van der Waals surface area contributed by atoms with E-state index in [-0.39, 0.29) is 0 Å². The number of carboxylic acid groups (broad SMARTS) is 1. The van der Waals surface area contributed by atoms with Crippen molar-refractivity contribution in [3.05, 3.63) is 35.9 Å². The predicted octanol–water partition coefficient (Wildman–Crippen LogP) is 2.08. The SMILES string of the molecule is CCOc1ccc(/C=C/C(=O)NC(C)(C)C(=O)O)cc1. The van der Waals surface area contributed by atoms with Crippen LogP contribution in [0, 0.1) is 0 Å². The minimum absolute atomic E-state index is 0.453. The minimum atomic E-state index is -1.29. The van der Waals surface area contributed by atoms with Crippen LogP contribution in [-0.2, 0) is 9.59 Å². The Morgan fingerprint density at radius 1 is 1.30 bits per heavy atom. The van der Waals surface area contributed by atoms with E-state index in [1.807, 2.05) is 31.2 Å². The van der Waals surface area contributed by atoms with Crippen LogP contribution >= 0.6 is 0 Å². The second-order valence-electron chi connectivity index (χ2n) is 4.75. The Balaban J connectivity index is 2.63. The van der Waals surface area contributed by atoms with Gasteiger partial charge >= 0.3 is 5.97 Å². The van der Waals surface area contributed by atoms with E-state index in [1.165, 1.54) is 19.9 Å². The fourth-order valence-corrected chi connectivity index (χ4v) is 1.42. The summed E-state index contributed by atoms with van der Waals surface area (Å²) in [5.74, 6) is -0.771. The third kappa shape index (κ3) is 4.76. The first-order valence-electron chi connectivity index (χ1n) is 6.31. The molecule has 0 aliphatic carbocycles. The van der Waals surface area contributed by atoms with E-state index in [2.05, 4.69) is 5.32 Å². The second kappa shape index (κ2) is 6.75. The number of carboxylic acids is 1. The number of rotatable bonds is 6. The molecule has 0 aliphatic heterocycles. The minimum Gasteiger partial charge on any atom is -0.494 e. The van der Waals surface area contributed by atoms with Crippen molar-refractivity contribution < 1.29 is 19.4 Å². The lowest BCUT2D eigenvalue weighted by Gasteiger charge is -2.19. The molecule has 0 atom stereocenters. The largest absolute Gasteiger partial charge is 0.494 e. The molecule has 0 heterocycles. The van der Waals surface area contributed by atoms with Crippen molar-refractivity contribution in [3.63, 3.8) is 0 Å². The average Bonchev–Trinajstić information content (AvgIpc) is 2.37. The first-order valence-corrected chi connectivity index (χ1v) is 6.31. The lowest BCUT2D eigenvalue weighted by molar-refractivity contribution is -0.145. The van der Waals surface area contributed by atoms with Gasteiger partial charge in [-0.3, -0.25) is 4.79 Å². The number of benzene rings is 1. The van der Waals surface area contributed by atoms with Crippen LogP contribution in [0.5, 0.6) is 5.75 Å². The smallest absolute Gasteiger partial charge is 0.328 e. The maximum Gasteiger partial charge on any atom is 0.328 e. The number of carbonyl (C=O) groups is 2. The number of carbonyl (C=O) groups excluding carboxylic acids is 1. The highest BCUT2D eigenvalue weighted by atomic mass is 16.5. The normalized spacial score (nSPS) is 11.3. The van der Waals surface area contributed by atoms with Gasteiger partial charge in [0.05, 0.1) is 6.61 Å². The number of nitrogens with one attached hydrogen (secondary N) is 1. The zero-order valence-electron chi connectivity index (χ0n) is 11.8. The first kappa shape index (κ1) is 15.8. The Morgan fingerprint density at radius 3 is 2.40 bits per heavy atom. The molecule has 0 unspecified atom stereocenters. The molecule has 0 fully saturated rings. The molecule has 0 saturated heterocycles. The Labute approximate surface area is 118 Å². The van der Waals surface area contributed by atoms with Gasteiger partial charge in [-0.05, 0) is 44.5 Å². The molecule has 0 radical (unpaired) electrons. The van der Waals surface area contributed by atoms with Gasteiger partial charge in [0.1, 0.15) is 11.3 Å². The Bertz CT molecular complexity index is 503. The molecule has 5 nitrogen and oxygen atoms in total. The topological polar surface area (TPSA) is 75.6 Å². The van der Waals surface area contributed by atoms with Crippen LogP contribution in [0.2, 0.25) is 0 Å². The number of hydrogen-bond acceptors (Lipinski definition) is 3. The molecule has 0 spiro atoms. The number of aliphatic carboxylic acids is 1. The molecular weight excluding hydrogens is 258 g/mol. The lowest BCUT2D eigenvalue weighted by Crippen LogP contribution is -2.49. The fraction of sp³-hybridized carbons (Fsp3) is 0.333. The summed E-state index contributed by atoms with van der Waals surface area (Å²) in [6.45, 7) is 5.36. The number of hydrogen-bond donors (Lipinski definition) is 2. The van der Waals surface area contributed by atoms with Crippen molar-refractivity contribution in [2.24, 2.45) is 0 Å². The monoisotopic (exact) mass is 277 g/mol. The molecule has 2 N–H and O–H groups in total. The molecule has 0 aliphatic rings. The van der Waals surface area contributed by atoms with E-state index < -0.39 is 17.4 Å². The molecule has 108 valence electrons. The van der Waals surface area contributed by atoms with E-state index in [0.717, 1.165) is 11.3 Å². The van der Waals surface area contributed by atoms with Crippen LogP contribution in [0.1, 0.15) is 26.3 Å². The second-order valence-corrected chi connectivity index (χ2v) is 4.75. The van der Waals surface area contributed by atoms with Gasteiger partial charge in [-0.15, -0.1) is 0 Å². The molecule has 0 saturated carbocycles. The Morgan fingerprint density at radius 2 is 1.90 bits per heavy atom. The summed E-state index contributed by atoms with van der Waals surface area (Å²) in [4.78, 5) is 22.5. The van der Waals surface area contributed by atoms with Crippen LogP contribution in [0.25, 0.3) is 6.08 Å². The number of amides is 1. The Kier molecular flexibility index (Phi) is 5.32. The fourth-order valence-electron chi connectivity index (χ4n) is 1.42. The van der Waals surface area contributed by atoms with E-state index >= 15 is 0 Å². The van der Waals surface area contributed by atoms with Crippen LogP contribution in [0.15, 0.2) is 30.3 Å². The predicted molar refractivity (Wildman–Crippen MR) is 76.5 cm³/mol. The van der Waals surface area contributed by atoms with Crippen LogP contribution in [0.3, 0.4) is 0 Å². The summed E-state index contributed by atoms with van der Waals surface area (Å²) < 4.78 is 5.31. The molecule has 0 aromatic heterocycles. The van der Waals surface area contributed by atoms with Crippen molar-refractivity contribution >= 4 is 18.0 Å². The highest BCUT2D eigenvalue weighted by Gasteiger charge is 2.27. The van der Waals surface area contributed by atoms with E-state index in [9.17, 15) is 9.59 Å². The van der Waals surface area contributed by atoms with Crippen molar-refractivity contribution in [2.45, 2.75) is 26.3 Å². The lowest BCUT2D eigenvalue weighted by atomic mass is 10.1. The summed E-state index contributed by atoms with van der Waals surface area (Å²) in [7, 11) is 0. The maximum absolute atomic E-state index is 11.6. The molecule has 20 heavy (non-hydrogen) atoms. The molecule has 1 aromatic carbocycles. The van der Waals surface area contributed by atoms with Crippen LogP contribution < -0.4 is 10.1 Å². The quantitative estimate of drug-likeness (QED) is 0.781. The van der Waals surface area contributed by atoms with Crippen LogP contribution in [-0.4, -0.2) is 29.1 Å². The van der Waals surface area contributed by atoms with E-state index in [4.69, 9.17) is 9.84 Å². The molecule has 1 amide bonds. The van der Waals surface area contributed by atoms with Crippen LogP contribution in [0.4, 0.5) is 0 Å². The van der Waals surface area contributed by atoms with Gasteiger partial charge < -0.3 is 15.2 Å². The zero-order chi connectivity index (χ0) is 15.2. The molecular formula is C15H19NO4. The van der Waals surface area contributed by atoms with Crippen molar-refractivity contribution in [1.82, 2.24) is 5.32 Å². The van der Waals surface area contributed by atoms with Crippen molar-refractivity contribution in [1.29, 1.82) is 0 Å². The summed E-state index contributed by atoms with van der Waals surface area (Å²) in [6.07, 6.45) is 2.92. The molecule has 1 aromatic rings. The Hall–Kier alpha value is -2.30. The average molecular weight is 277 g/mol. The zero-order valence-corrected chi connectivity index (χ0v) is 11.8. The first-order chi connectivity index (χ1) is 9.35. The third-order valence-electron chi connectivity index (χ3n) is 2.59. The molecule has 5 heteroatoms. The maximum atomic E-state index is 11.6. The highest BCUT2D eigenvalue weighted by Crippen LogP contribution is 2.13. The van der Waals surface area contributed by atoms with Crippen molar-refractivity contribution in [3.8, 4) is 5.75 Å². The standard InChI is InChI=1S/C15H19NO4/c1-4-20-12-8-5-11(6-9-12)7-10-13(17)16-15(2,3)14(18)19/h5-10H,4H2,1-3H3,(H,16,17)(H,18,19)/b10-7+. The van der Waals surface area contributed by atoms with E-state index in [0.29, 0.717) is 6.61 Å². The van der Waals surface area contributed by atoms with Gasteiger partial charge in [-0.2, -0.15) is 0 Å². The highest BCUT2D eigenvalue weighted by molar-refractivity contribution is 5.95. The molecule has 0 bridgehead atoms. The van der Waals surface area contributed by atoms with Gasteiger partial charge in [0, 0.05) is 6.08 Å². The van der Waals surface area contributed by atoms with Crippen molar-refractivity contribution in [2.75, 3.05) is 6.61 Å². The molecule has 1 rings (SSSR count). The summed E-state index contributed by atoms with van der Waals surface area (Å²) in [5.41, 5.74) is -0.461. The summed E-state index contributed by atoms with van der Waals surface area (Å²) in [6, 6.07) is 7.25. The third-order valence-corrected chi connectivity index (χ3v) is 2.59. The summed E-state index contributed by atoms with van der Waals surface area (Å²) >= 11 is 0. The van der Waals surface area contributed by atoms with Gasteiger partial charge in [0.25, 0.3) is 0 Å². The number of ether oxygens (including phenoxy) is 1. The summed E-state index contributed by atoms with van der Waals surface area (Å²) in [5, 5.41) is 11.3. The van der Waals surface area contributed by atoms with Gasteiger partial charge in [0.15, 0.2) is 0 Å². The van der Waals surface area contributed by atoms with Gasteiger partial charge in [-0.25, -0.2) is 4.79 Å². The van der Waals surface area contributed by atoms with E-state index in [1.54, 1.807) is 6.08 Å².